The van der Waals surface area contributed by atoms with Gasteiger partial charge in [-0.3, -0.25) is 4.79 Å². The van der Waals surface area contributed by atoms with Crippen molar-refractivity contribution in [2.24, 2.45) is 17.1 Å². The standard InChI is InChI=1S/C16H31N3O3S.ClH/c17-13-16(7-2-1-3-8-16)11-15(20)18-9-10-23(21,22)19-12-14-5-4-6-14;/h14,19H,1-13,17H2,(H,18,20);1H. The van der Waals surface area contributed by atoms with Crippen LogP contribution >= 0.6 is 12.4 Å². The molecule has 2 saturated carbocycles. The van der Waals surface area contributed by atoms with Crippen LogP contribution in [0.3, 0.4) is 0 Å². The van der Waals surface area contributed by atoms with Crippen LogP contribution in [0.25, 0.3) is 0 Å². The molecule has 0 aliphatic heterocycles. The lowest BCUT2D eigenvalue weighted by molar-refractivity contribution is -0.123. The molecule has 6 nitrogen and oxygen atoms in total. The van der Waals surface area contributed by atoms with Crippen LogP contribution in [0.15, 0.2) is 0 Å². The summed E-state index contributed by atoms with van der Waals surface area (Å²) in [4.78, 5) is 12.1. The third-order valence-corrected chi connectivity index (χ3v) is 6.74. The summed E-state index contributed by atoms with van der Waals surface area (Å²) in [5.74, 6) is 0.364. The van der Waals surface area contributed by atoms with Crippen LogP contribution in [0.4, 0.5) is 0 Å². The number of amides is 1. The minimum absolute atomic E-state index is 0. The average molecular weight is 382 g/mol. The van der Waals surface area contributed by atoms with Crippen molar-refractivity contribution >= 4 is 28.3 Å². The van der Waals surface area contributed by atoms with Crippen molar-refractivity contribution in [3.8, 4) is 0 Å². The van der Waals surface area contributed by atoms with Crippen molar-refractivity contribution in [1.82, 2.24) is 10.0 Å². The lowest BCUT2D eigenvalue weighted by Crippen LogP contribution is -2.41. The number of rotatable bonds is 9. The van der Waals surface area contributed by atoms with Gasteiger partial charge >= 0.3 is 0 Å². The van der Waals surface area contributed by atoms with E-state index in [9.17, 15) is 13.2 Å². The van der Waals surface area contributed by atoms with E-state index in [4.69, 9.17) is 5.73 Å². The molecule has 8 heteroatoms. The molecule has 0 saturated heterocycles. The summed E-state index contributed by atoms with van der Waals surface area (Å²) < 4.78 is 26.4. The predicted octanol–water partition coefficient (Wildman–Crippen LogP) is 1.54. The maximum Gasteiger partial charge on any atom is 0.220 e. The first-order valence-electron chi connectivity index (χ1n) is 8.89. The molecule has 4 N–H and O–H groups in total. The number of sulfonamides is 1. The van der Waals surface area contributed by atoms with Crippen LogP contribution in [0.5, 0.6) is 0 Å². The summed E-state index contributed by atoms with van der Waals surface area (Å²) in [5, 5.41) is 2.75. The Morgan fingerprint density at radius 3 is 2.33 bits per heavy atom. The highest BCUT2D eigenvalue weighted by atomic mass is 35.5. The van der Waals surface area contributed by atoms with Crippen molar-refractivity contribution in [3.63, 3.8) is 0 Å². The van der Waals surface area contributed by atoms with Crippen molar-refractivity contribution in [3.05, 3.63) is 0 Å². The number of hydrogen-bond donors (Lipinski definition) is 3. The lowest BCUT2D eigenvalue weighted by Gasteiger charge is -2.35. The highest BCUT2D eigenvalue weighted by Gasteiger charge is 2.32. The zero-order chi connectivity index (χ0) is 16.8. The van der Waals surface area contributed by atoms with E-state index in [1.165, 1.54) is 12.8 Å². The molecule has 0 bridgehead atoms. The molecule has 2 rings (SSSR count). The van der Waals surface area contributed by atoms with Gasteiger partial charge in [-0.2, -0.15) is 0 Å². The maximum atomic E-state index is 12.1. The number of hydrogen-bond acceptors (Lipinski definition) is 4. The number of carbonyl (C=O) groups is 1. The number of halogens is 1. The van der Waals surface area contributed by atoms with Gasteiger partial charge in [0.25, 0.3) is 0 Å². The molecule has 0 radical (unpaired) electrons. The van der Waals surface area contributed by atoms with E-state index in [2.05, 4.69) is 10.0 Å². The summed E-state index contributed by atoms with van der Waals surface area (Å²) in [6.45, 7) is 1.23. The van der Waals surface area contributed by atoms with Gasteiger partial charge in [0.2, 0.25) is 15.9 Å². The molecular weight excluding hydrogens is 350 g/mol. The second kappa shape index (κ2) is 9.94. The molecule has 2 aliphatic carbocycles. The Kier molecular flexibility index (Phi) is 8.98. The zero-order valence-electron chi connectivity index (χ0n) is 14.4. The average Bonchev–Trinajstić information content (AvgIpc) is 2.46. The van der Waals surface area contributed by atoms with Crippen molar-refractivity contribution in [2.75, 3.05) is 25.4 Å². The zero-order valence-corrected chi connectivity index (χ0v) is 16.0. The van der Waals surface area contributed by atoms with Gasteiger partial charge in [0, 0.05) is 19.5 Å². The molecule has 0 spiro atoms. The highest BCUT2D eigenvalue weighted by Crippen LogP contribution is 2.38. The highest BCUT2D eigenvalue weighted by molar-refractivity contribution is 7.89. The fraction of sp³-hybridized carbons (Fsp3) is 0.938. The molecule has 2 fully saturated rings. The third-order valence-electron chi connectivity index (χ3n) is 5.39. The van der Waals surface area contributed by atoms with Gasteiger partial charge in [-0.15, -0.1) is 12.4 Å². The first-order valence-corrected chi connectivity index (χ1v) is 10.5. The first kappa shape index (κ1) is 21.7. The van der Waals surface area contributed by atoms with Crippen LogP contribution in [-0.2, 0) is 14.8 Å². The summed E-state index contributed by atoms with van der Waals surface area (Å²) in [5.41, 5.74) is 5.81. The van der Waals surface area contributed by atoms with Gasteiger partial charge in [-0.05, 0) is 43.6 Å². The number of carbonyl (C=O) groups excluding carboxylic acids is 1. The molecule has 2 aliphatic rings. The smallest absolute Gasteiger partial charge is 0.220 e. The van der Waals surface area contributed by atoms with E-state index in [1.54, 1.807) is 0 Å². The van der Waals surface area contributed by atoms with E-state index < -0.39 is 10.0 Å². The fourth-order valence-electron chi connectivity index (χ4n) is 3.50. The molecule has 0 aromatic heterocycles. The SMILES string of the molecule is Cl.NCC1(CC(=O)NCCS(=O)(=O)NCC2CCC2)CCCCC1. The van der Waals surface area contributed by atoms with Gasteiger partial charge < -0.3 is 11.1 Å². The fourth-order valence-corrected chi connectivity index (χ4v) is 4.50. The van der Waals surface area contributed by atoms with Gasteiger partial charge in [0.05, 0.1) is 5.75 Å². The molecule has 0 aromatic carbocycles. The van der Waals surface area contributed by atoms with Crippen LogP contribution < -0.4 is 15.8 Å². The predicted molar refractivity (Wildman–Crippen MR) is 98.6 cm³/mol. The third kappa shape index (κ3) is 6.86. The van der Waals surface area contributed by atoms with Gasteiger partial charge in [0.1, 0.15) is 0 Å². The molecule has 0 aromatic rings. The Balaban J connectivity index is 0.00000288. The summed E-state index contributed by atoms with van der Waals surface area (Å²) in [6.07, 6.45) is 9.31. The summed E-state index contributed by atoms with van der Waals surface area (Å²) in [7, 11) is -3.29. The minimum atomic E-state index is -3.29. The first-order chi connectivity index (χ1) is 10.9. The van der Waals surface area contributed by atoms with Gasteiger partial charge in [0.15, 0.2) is 0 Å². The molecule has 0 atom stereocenters. The van der Waals surface area contributed by atoms with Crippen LogP contribution in [0.2, 0.25) is 0 Å². The molecule has 0 unspecified atom stereocenters. The monoisotopic (exact) mass is 381 g/mol. The number of nitrogens with two attached hydrogens (primary N) is 1. The van der Waals surface area contributed by atoms with E-state index in [0.29, 0.717) is 25.4 Å². The summed E-state index contributed by atoms with van der Waals surface area (Å²) in [6, 6.07) is 0. The Labute approximate surface area is 152 Å². The van der Waals surface area contributed by atoms with Crippen molar-refractivity contribution in [2.45, 2.75) is 57.8 Å². The van der Waals surface area contributed by atoms with Crippen LogP contribution in [-0.4, -0.2) is 39.7 Å². The second-order valence-electron chi connectivity index (χ2n) is 7.26. The van der Waals surface area contributed by atoms with Crippen LogP contribution in [0, 0.1) is 11.3 Å². The van der Waals surface area contributed by atoms with Crippen LogP contribution in [0.1, 0.15) is 57.8 Å². The topological polar surface area (TPSA) is 101 Å². The Morgan fingerprint density at radius 2 is 1.79 bits per heavy atom. The minimum Gasteiger partial charge on any atom is -0.355 e. The molecule has 0 heterocycles. The van der Waals surface area contributed by atoms with E-state index >= 15 is 0 Å². The molecule has 1 amide bonds. The van der Waals surface area contributed by atoms with E-state index in [1.807, 2.05) is 0 Å². The van der Waals surface area contributed by atoms with Gasteiger partial charge in [-0.1, -0.05) is 25.7 Å². The quantitative estimate of drug-likeness (QED) is 0.563. The van der Waals surface area contributed by atoms with Crippen molar-refractivity contribution < 1.29 is 13.2 Å². The van der Waals surface area contributed by atoms with E-state index in [-0.39, 0.29) is 36.0 Å². The van der Waals surface area contributed by atoms with Gasteiger partial charge in [-0.25, -0.2) is 13.1 Å². The Bertz CT molecular complexity index is 489. The molecular formula is C16H32ClN3O3S. The second-order valence-corrected chi connectivity index (χ2v) is 9.18. The maximum absolute atomic E-state index is 12.1. The number of nitrogens with one attached hydrogen (secondary N) is 2. The Morgan fingerprint density at radius 1 is 1.12 bits per heavy atom. The lowest BCUT2D eigenvalue weighted by atomic mass is 9.72. The summed E-state index contributed by atoms with van der Waals surface area (Å²) >= 11 is 0. The molecule has 24 heavy (non-hydrogen) atoms. The normalized spacial score (nSPS) is 20.7. The molecule has 142 valence electrons. The largest absolute Gasteiger partial charge is 0.355 e. The van der Waals surface area contributed by atoms with Crippen molar-refractivity contribution in [1.29, 1.82) is 0 Å². The van der Waals surface area contributed by atoms with E-state index in [0.717, 1.165) is 38.5 Å². The Hall–Kier alpha value is -0.370.